The van der Waals surface area contributed by atoms with Crippen LogP contribution in [0.4, 0.5) is 5.95 Å². The monoisotopic (exact) mass is 404 g/mol. The third-order valence-corrected chi connectivity index (χ3v) is 4.79. The molecule has 1 aromatic carbocycles. The number of nitrogens with one attached hydrogen (secondary N) is 3. The lowest BCUT2D eigenvalue weighted by Gasteiger charge is -2.06. The Hall–Kier alpha value is -3.95. The standard InChI is InChI=1S/C20H20N8O2/c1-11-3-2-4-12(7-11)9-21-18-25-16-13(8-15-17(29)26-20(30)24-15)10-22-28(16)19(27-18)23-14-5-6-14/h2-4,7-8,10,14,29H,5-6,9H2,1H3,(H,21,23,27)(H2,24,26,30)/b13-8+. The Morgan fingerprint density at radius 2 is 2.20 bits per heavy atom. The van der Waals surface area contributed by atoms with E-state index in [1.807, 2.05) is 25.1 Å². The van der Waals surface area contributed by atoms with Gasteiger partial charge in [-0.3, -0.25) is 4.98 Å². The number of fused-ring (bicyclic) bond motifs is 1. The Labute approximate surface area is 170 Å². The minimum absolute atomic E-state index is 0.242. The zero-order valence-corrected chi connectivity index (χ0v) is 16.3. The summed E-state index contributed by atoms with van der Waals surface area (Å²) in [5, 5.41) is 18.1. The molecule has 10 nitrogen and oxygen atoms in total. The van der Waals surface area contributed by atoms with Crippen LogP contribution in [-0.4, -0.2) is 40.7 Å². The Morgan fingerprint density at radius 3 is 2.93 bits per heavy atom. The summed E-state index contributed by atoms with van der Waals surface area (Å²) in [6, 6.07) is 8.46. The number of benzene rings is 1. The number of imidazole rings is 1. The quantitative estimate of drug-likeness (QED) is 0.380. The second kappa shape index (κ2) is 7.14. The first-order valence-electron chi connectivity index (χ1n) is 9.67. The molecule has 3 aromatic heterocycles. The number of rotatable bonds is 5. The van der Waals surface area contributed by atoms with Crippen molar-refractivity contribution in [2.75, 3.05) is 5.32 Å². The summed E-state index contributed by atoms with van der Waals surface area (Å²) in [5.41, 5.74) is 3.06. The van der Waals surface area contributed by atoms with Gasteiger partial charge in [-0.05, 0) is 31.4 Å². The number of hydrogen-bond donors (Lipinski definition) is 4. The van der Waals surface area contributed by atoms with Crippen LogP contribution < -0.4 is 21.8 Å². The van der Waals surface area contributed by atoms with Crippen molar-refractivity contribution in [3.63, 3.8) is 0 Å². The summed E-state index contributed by atoms with van der Waals surface area (Å²) in [6.07, 6.45) is 5.28. The lowest BCUT2D eigenvalue weighted by molar-refractivity contribution is 0.454. The number of H-pyrrole nitrogens is 2. The number of nitrogens with zero attached hydrogens (tertiary/aromatic N) is 5. The molecule has 5 rings (SSSR count). The van der Waals surface area contributed by atoms with Crippen LogP contribution in [0.25, 0.3) is 11.7 Å². The molecule has 1 saturated carbocycles. The van der Waals surface area contributed by atoms with Gasteiger partial charge < -0.3 is 15.4 Å². The van der Waals surface area contributed by atoms with Crippen molar-refractivity contribution in [3.05, 3.63) is 68.6 Å². The van der Waals surface area contributed by atoms with Gasteiger partial charge in [-0.15, -0.1) is 0 Å². The Morgan fingerprint density at radius 1 is 1.33 bits per heavy atom. The number of aromatic nitrogens is 6. The minimum atomic E-state index is -0.491. The van der Waals surface area contributed by atoms with E-state index < -0.39 is 5.69 Å². The maximum Gasteiger partial charge on any atom is 0.326 e. The molecule has 1 fully saturated rings. The normalized spacial score (nSPS) is 15.2. The van der Waals surface area contributed by atoms with Crippen molar-refractivity contribution in [3.8, 4) is 5.88 Å². The molecule has 3 heterocycles. The van der Waals surface area contributed by atoms with Gasteiger partial charge in [0.25, 0.3) is 5.62 Å². The Kier molecular flexibility index (Phi) is 4.31. The van der Waals surface area contributed by atoms with E-state index in [0.717, 1.165) is 18.4 Å². The van der Waals surface area contributed by atoms with Gasteiger partial charge in [-0.2, -0.15) is 19.6 Å². The lowest BCUT2D eigenvalue weighted by Crippen LogP contribution is -2.24. The smallest absolute Gasteiger partial charge is 0.326 e. The van der Waals surface area contributed by atoms with E-state index in [-0.39, 0.29) is 17.6 Å². The van der Waals surface area contributed by atoms with Crippen LogP contribution >= 0.6 is 0 Å². The zero-order chi connectivity index (χ0) is 20.7. The summed E-state index contributed by atoms with van der Waals surface area (Å²) in [4.78, 5) is 30.0. The van der Waals surface area contributed by atoms with Crippen LogP contribution in [0.2, 0.25) is 0 Å². The summed E-state index contributed by atoms with van der Waals surface area (Å²) in [5.74, 6) is 0.194. The third-order valence-electron chi connectivity index (χ3n) is 4.79. The SMILES string of the molecule is Cc1cccc(CNc2nc(=NC3CC3)n3nc/c(=C\c4[nH]c(=O)[nH]c4O)c3n2)c1. The van der Waals surface area contributed by atoms with Crippen molar-refractivity contribution < 1.29 is 5.11 Å². The maximum atomic E-state index is 11.4. The van der Waals surface area contributed by atoms with Crippen molar-refractivity contribution in [2.24, 2.45) is 4.99 Å². The molecule has 0 saturated heterocycles. The number of hydrogen-bond acceptors (Lipinski definition) is 7. The van der Waals surface area contributed by atoms with E-state index in [2.05, 4.69) is 41.4 Å². The molecule has 10 heteroatoms. The van der Waals surface area contributed by atoms with Gasteiger partial charge in [0.1, 0.15) is 5.69 Å². The predicted octanol–water partition coefficient (Wildman–Crippen LogP) is 0.378. The topological polar surface area (TPSA) is 136 Å². The van der Waals surface area contributed by atoms with Crippen LogP contribution in [0.3, 0.4) is 0 Å². The summed E-state index contributed by atoms with van der Waals surface area (Å²) >= 11 is 0. The largest absolute Gasteiger partial charge is 0.493 e. The Bertz CT molecular complexity index is 1410. The molecule has 152 valence electrons. The average molecular weight is 404 g/mol. The van der Waals surface area contributed by atoms with E-state index in [4.69, 9.17) is 0 Å². The van der Waals surface area contributed by atoms with Crippen molar-refractivity contribution in [1.29, 1.82) is 0 Å². The van der Waals surface area contributed by atoms with Crippen molar-refractivity contribution in [2.45, 2.75) is 32.4 Å². The summed E-state index contributed by atoms with van der Waals surface area (Å²) in [6.45, 7) is 2.62. The lowest BCUT2D eigenvalue weighted by atomic mass is 10.1. The number of aromatic amines is 2. The highest BCUT2D eigenvalue weighted by Crippen LogP contribution is 2.22. The summed E-state index contributed by atoms with van der Waals surface area (Å²) < 4.78 is 1.57. The van der Waals surface area contributed by atoms with Crippen LogP contribution in [0.15, 0.2) is 40.2 Å². The first-order valence-corrected chi connectivity index (χ1v) is 9.67. The van der Waals surface area contributed by atoms with Gasteiger partial charge in [0.05, 0.1) is 12.2 Å². The van der Waals surface area contributed by atoms with E-state index >= 15 is 0 Å². The molecule has 0 unspecified atom stereocenters. The van der Waals surface area contributed by atoms with Crippen LogP contribution in [0.1, 0.15) is 29.7 Å². The molecule has 0 spiro atoms. The maximum absolute atomic E-state index is 11.4. The van der Waals surface area contributed by atoms with Crippen LogP contribution in [0, 0.1) is 6.92 Å². The highest BCUT2D eigenvalue weighted by atomic mass is 16.3. The average Bonchev–Trinajstić information content (AvgIpc) is 3.35. The summed E-state index contributed by atoms with van der Waals surface area (Å²) in [7, 11) is 0. The van der Waals surface area contributed by atoms with Gasteiger partial charge in [-0.1, -0.05) is 29.8 Å². The van der Waals surface area contributed by atoms with Crippen LogP contribution in [0.5, 0.6) is 5.88 Å². The second-order valence-corrected chi connectivity index (χ2v) is 7.37. The fraction of sp³-hybridized carbons (Fsp3) is 0.250. The van der Waals surface area contributed by atoms with Gasteiger partial charge in [0.2, 0.25) is 11.8 Å². The van der Waals surface area contributed by atoms with Gasteiger partial charge >= 0.3 is 5.69 Å². The highest BCUT2D eigenvalue weighted by molar-refractivity contribution is 5.57. The minimum Gasteiger partial charge on any atom is -0.493 e. The fourth-order valence-corrected chi connectivity index (χ4v) is 3.16. The predicted molar refractivity (Wildman–Crippen MR) is 110 cm³/mol. The Balaban J connectivity index is 1.59. The molecule has 0 amide bonds. The van der Waals surface area contributed by atoms with Crippen molar-refractivity contribution in [1.82, 2.24) is 29.5 Å². The molecule has 4 aromatic rings. The molecule has 30 heavy (non-hydrogen) atoms. The molecule has 1 aliphatic carbocycles. The van der Waals surface area contributed by atoms with E-state index in [0.29, 0.717) is 29.0 Å². The molecular formula is C20H20N8O2. The van der Waals surface area contributed by atoms with E-state index in [9.17, 15) is 9.90 Å². The molecule has 0 atom stereocenters. The second-order valence-electron chi connectivity index (χ2n) is 7.37. The van der Waals surface area contributed by atoms with Gasteiger partial charge in [0.15, 0.2) is 5.65 Å². The molecule has 1 aliphatic rings. The number of anilines is 1. The highest BCUT2D eigenvalue weighted by Gasteiger charge is 2.21. The molecule has 4 N–H and O–H groups in total. The first kappa shape index (κ1) is 18.1. The zero-order valence-electron chi connectivity index (χ0n) is 16.3. The number of aromatic hydroxyl groups is 1. The van der Waals surface area contributed by atoms with Gasteiger partial charge in [-0.25, -0.2) is 9.79 Å². The molecular weight excluding hydrogens is 384 g/mol. The fourth-order valence-electron chi connectivity index (χ4n) is 3.16. The molecule has 0 radical (unpaired) electrons. The van der Waals surface area contributed by atoms with E-state index in [1.54, 1.807) is 16.8 Å². The van der Waals surface area contributed by atoms with E-state index in [1.165, 1.54) is 5.56 Å². The molecule has 0 aliphatic heterocycles. The number of aryl methyl sites for hydroxylation is 1. The van der Waals surface area contributed by atoms with Crippen LogP contribution in [-0.2, 0) is 6.54 Å². The third kappa shape index (κ3) is 3.66. The molecule has 0 bridgehead atoms. The van der Waals surface area contributed by atoms with Crippen molar-refractivity contribution >= 4 is 17.7 Å². The van der Waals surface area contributed by atoms with Gasteiger partial charge in [0, 0.05) is 11.8 Å². The first-order chi connectivity index (χ1) is 14.5.